The molecule has 1 amide bonds. The van der Waals surface area contributed by atoms with Gasteiger partial charge in [0, 0.05) is 18.4 Å². The number of hydrogen-bond donors (Lipinski definition) is 0. The Morgan fingerprint density at radius 1 is 1.75 bits per heavy atom. The van der Waals surface area contributed by atoms with E-state index in [-0.39, 0.29) is 12.0 Å². The summed E-state index contributed by atoms with van der Waals surface area (Å²) in [7, 11) is 0. The smallest absolute Gasteiger partial charge is 0.291 e. The van der Waals surface area contributed by atoms with Crippen LogP contribution >= 0.6 is 15.9 Å². The molecule has 0 bridgehead atoms. The molecule has 0 spiro atoms. The molecule has 1 aliphatic heterocycles. The second kappa shape index (κ2) is 4.97. The van der Waals surface area contributed by atoms with Crippen molar-refractivity contribution in [2.75, 3.05) is 25.0 Å². The summed E-state index contributed by atoms with van der Waals surface area (Å²) in [5.74, 6) is 0.222. The second-order valence-corrected chi connectivity index (χ2v) is 4.31. The maximum absolute atomic E-state index is 12.1. The van der Waals surface area contributed by atoms with E-state index in [2.05, 4.69) is 20.9 Å². The number of ether oxygens (including phenoxy) is 1. The monoisotopic (exact) mass is 288 g/mol. The van der Waals surface area contributed by atoms with Gasteiger partial charge in [-0.1, -0.05) is 15.9 Å². The fourth-order valence-electron chi connectivity index (χ4n) is 1.65. The van der Waals surface area contributed by atoms with E-state index in [1.165, 1.54) is 6.39 Å². The number of aromatic nitrogens is 1. The maximum Gasteiger partial charge on any atom is 0.291 e. The third-order valence-electron chi connectivity index (χ3n) is 2.54. The molecule has 2 rings (SSSR count). The molecule has 0 N–H and O–H groups in total. The maximum atomic E-state index is 12.1. The van der Waals surface area contributed by atoms with Crippen LogP contribution in [0.3, 0.4) is 0 Å². The van der Waals surface area contributed by atoms with Crippen LogP contribution in [0.15, 0.2) is 10.8 Å². The molecule has 2 heterocycles. The highest BCUT2D eigenvalue weighted by atomic mass is 79.9. The van der Waals surface area contributed by atoms with Gasteiger partial charge in [-0.2, -0.15) is 0 Å². The van der Waals surface area contributed by atoms with E-state index in [1.807, 2.05) is 0 Å². The fraction of sp³-hybridized carbons (Fsp3) is 0.600. The van der Waals surface area contributed by atoms with Crippen molar-refractivity contribution in [3.8, 4) is 0 Å². The van der Waals surface area contributed by atoms with E-state index in [1.54, 1.807) is 11.8 Å². The van der Waals surface area contributed by atoms with Crippen molar-refractivity contribution < 1.29 is 13.9 Å². The van der Waals surface area contributed by atoms with Gasteiger partial charge in [-0.3, -0.25) is 4.79 Å². The third kappa shape index (κ3) is 2.27. The molecule has 6 heteroatoms. The number of hydrogen-bond acceptors (Lipinski definition) is 4. The van der Waals surface area contributed by atoms with Crippen LogP contribution in [0.25, 0.3) is 0 Å². The van der Waals surface area contributed by atoms with Gasteiger partial charge in [0.05, 0.1) is 18.4 Å². The molecule has 0 radical (unpaired) electrons. The summed E-state index contributed by atoms with van der Waals surface area (Å²) in [6.07, 6.45) is 1.35. The first-order valence-electron chi connectivity index (χ1n) is 5.09. The molecule has 0 aliphatic carbocycles. The summed E-state index contributed by atoms with van der Waals surface area (Å²) >= 11 is 3.35. The van der Waals surface area contributed by atoms with E-state index in [0.717, 1.165) is 5.33 Å². The minimum Gasteiger partial charge on any atom is -0.438 e. The van der Waals surface area contributed by atoms with Crippen LogP contribution < -0.4 is 0 Å². The highest BCUT2D eigenvalue weighted by molar-refractivity contribution is 9.09. The molecule has 1 unspecified atom stereocenters. The van der Waals surface area contributed by atoms with Crippen molar-refractivity contribution in [2.45, 2.75) is 13.0 Å². The Kier molecular flexibility index (Phi) is 3.60. The number of alkyl halides is 1. The van der Waals surface area contributed by atoms with Crippen molar-refractivity contribution in [1.82, 2.24) is 9.88 Å². The zero-order valence-electron chi connectivity index (χ0n) is 8.98. The highest BCUT2D eigenvalue weighted by Gasteiger charge is 2.27. The van der Waals surface area contributed by atoms with Gasteiger partial charge >= 0.3 is 0 Å². The predicted octanol–water partition coefficient (Wildman–Crippen LogP) is 1.22. The molecule has 1 aromatic heterocycles. The summed E-state index contributed by atoms with van der Waals surface area (Å²) < 4.78 is 10.6. The zero-order valence-corrected chi connectivity index (χ0v) is 10.6. The summed E-state index contributed by atoms with van der Waals surface area (Å²) in [4.78, 5) is 17.7. The Labute approximate surface area is 102 Å². The Balaban J connectivity index is 2.07. The van der Waals surface area contributed by atoms with Crippen molar-refractivity contribution in [3.05, 3.63) is 17.8 Å². The molecule has 1 saturated heterocycles. The van der Waals surface area contributed by atoms with Gasteiger partial charge in [0.25, 0.3) is 5.91 Å². The number of oxazole rings is 1. The third-order valence-corrected chi connectivity index (χ3v) is 3.26. The lowest BCUT2D eigenvalue weighted by Crippen LogP contribution is -2.46. The van der Waals surface area contributed by atoms with Gasteiger partial charge in [0.15, 0.2) is 6.39 Å². The molecular weight excluding hydrogens is 276 g/mol. The molecule has 5 nitrogen and oxygen atoms in total. The zero-order chi connectivity index (χ0) is 11.5. The van der Waals surface area contributed by atoms with Crippen LogP contribution in [0.2, 0.25) is 0 Å². The molecule has 1 aliphatic rings. The van der Waals surface area contributed by atoms with Gasteiger partial charge in [-0.05, 0) is 6.92 Å². The van der Waals surface area contributed by atoms with E-state index >= 15 is 0 Å². The lowest BCUT2D eigenvalue weighted by atomic mass is 10.2. The number of aryl methyl sites for hydroxylation is 1. The average Bonchev–Trinajstić information content (AvgIpc) is 2.74. The van der Waals surface area contributed by atoms with Crippen molar-refractivity contribution >= 4 is 21.8 Å². The molecule has 1 fully saturated rings. The number of carbonyl (C=O) groups is 1. The molecule has 0 saturated carbocycles. The van der Waals surface area contributed by atoms with Gasteiger partial charge in [-0.15, -0.1) is 0 Å². The van der Waals surface area contributed by atoms with Crippen LogP contribution in [0.1, 0.15) is 16.2 Å². The summed E-state index contributed by atoms with van der Waals surface area (Å²) in [6.45, 7) is 3.51. The number of morpholine rings is 1. The molecular formula is C10H13BrN2O3. The number of halogens is 1. The first-order chi connectivity index (χ1) is 7.72. The first-order valence-corrected chi connectivity index (χ1v) is 6.21. The Morgan fingerprint density at radius 2 is 2.56 bits per heavy atom. The highest BCUT2D eigenvalue weighted by Crippen LogP contribution is 2.13. The van der Waals surface area contributed by atoms with Crippen LogP contribution in [-0.2, 0) is 4.74 Å². The van der Waals surface area contributed by atoms with E-state index < -0.39 is 0 Å². The van der Waals surface area contributed by atoms with Gasteiger partial charge in [-0.25, -0.2) is 4.98 Å². The largest absolute Gasteiger partial charge is 0.438 e. The van der Waals surface area contributed by atoms with Gasteiger partial charge < -0.3 is 14.1 Å². The summed E-state index contributed by atoms with van der Waals surface area (Å²) in [5, 5.41) is 0.728. The Morgan fingerprint density at radius 3 is 3.19 bits per heavy atom. The lowest BCUT2D eigenvalue weighted by molar-refractivity contribution is -0.0108. The van der Waals surface area contributed by atoms with E-state index in [9.17, 15) is 4.79 Å². The van der Waals surface area contributed by atoms with Crippen LogP contribution in [0, 0.1) is 6.92 Å². The molecule has 0 aromatic carbocycles. The van der Waals surface area contributed by atoms with Crippen LogP contribution in [-0.4, -0.2) is 46.9 Å². The standard InChI is InChI=1S/C10H13BrN2O3/c1-7-9(16-6-12-7)10(14)13-2-3-15-8(4-11)5-13/h6,8H,2-5H2,1H3. The predicted molar refractivity (Wildman–Crippen MR) is 60.7 cm³/mol. The minimum atomic E-state index is -0.107. The molecule has 1 atom stereocenters. The number of nitrogens with zero attached hydrogens (tertiary/aromatic N) is 2. The van der Waals surface area contributed by atoms with Crippen LogP contribution in [0.5, 0.6) is 0 Å². The summed E-state index contributed by atoms with van der Waals surface area (Å²) in [5.41, 5.74) is 0.631. The molecule has 1 aromatic rings. The van der Waals surface area contributed by atoms with Crippen LogP contribution in [0.4, 0.5) is 0 Å². The van der Waals surface area contributed by atoms with Crippen molar-refractivity contribution in [3.63, 3.8) is 0 Å². The van der Waals surface area contributed by atoms with E-state index in [4.69, 9.17) is 9.15 Å². The number of amides is 1. The topological polar surface area (TPSA) is 55.6 Å². The Bertz CT molecular complexity index is 380. The second-order valence-electron chi connectivity index (χ2n) is 3.67. The Hall–Kier alpha value is -0.880. The summed E-state index contributed by atoms with van der Waals surface area (Å²) in [6, 6.07) is 0. The minimum absolute atomic E-state index is 0.0564. The lowest BCUT2D eigenvalue weighted by Gasteiger charge is -2.31. The quantitative estimate of drug-likeness (QED) is 0.768. The SMILES string of the molecule is Cc1ncoc1C(=O)N1CCOC(CBr)C1. The number of carbonyl (C=O) groups excluding carboxylic acids is 1. The van der Waals surface area contributed by atoms with Crippen molar-refractivity contribution in [1.29, 1.82) is 0 Å². The number of rotatable bonds is 2. The molecule has 16 heavy (non-hydrogen) atoms. The average molecular weight is 289 g/mol. The normalized spacial score (nSPS) is 21.1. The molecule has 88 valence electrons. The van der Waals surface area contributed by atoms with Gasteiger partial charge in [0.1, 0.15) is 0 Å². The van der Waals surface area contributed by atoms with Gasteiger partial charge in [0.2, 0.25) is 5.76 Å². The van der Waals surface area contributed by atoms with Crippen molar-refractivity contribution in [2.24, 2.45) is 0 Å². The van der Waals surface area contributed by atoms with E-state index in [0.29, 0.717) is 31.2 Å². The first kappa shape index (κ1) is 11.6. The fourth-order valence-corrected chi connectivity index (χ4v) is 2.04.